The number of likely N-dealkylation sites (tertiary alicyclic amines) is 1. The van der Waals surface area contributed by atoms with Gasteiger partial charge in [-0.15, -0.1) is 0 Å². The fraction of sp³-hybridized carbons (Fsp3) is 0.448. The zero-order chi connectivity index (χ0) is 26.6. The van der Waals surface area contributed by atoms with Gasteiger partial charge < -0.3 is 14.3 Å². The van der Waals surface area contributed by atoms with Gasteiger partial charge in [-0.25, -0.2) is 4.79 Å². The molecule has 1 N–H and O–H groups in total. The monoisotopic (exact) mass is 506 g/mol. The maximum Gasteiger partial charge on any atom is 0.411 e. The molecule has 3 rings (SSSR count). The summed E-state index contributed by atoms with van der Waals surface area (Å²) in [6.45, 7) is 12.4. The smallest absolute Gasteiger partial charge is 0.411 e. The lowest BCUT2D eigenvalue weighted by atomic mass is 10.1. The molecule has 7 heteroatoms. The lowest BCUT2D eigenvalue weighted by molar-refractivity contribution is 0.0128. The van der Waals surface area contributed by atoms with E-state index in [2.05, 4.69) is 45.0 Å². The molecule has 1 aliphatic heterocycles. The van der Waals surface area contributed by atoms with Crippen LogP contribution in [-0.2, 0) is 9.16 Å². The number of benzene rings is 2. The third kappa shape index (κ3) is 5.66. The van der Waals surface area contributed by atoms with E-state index in [9.17, 15) is 15.2 Å². The lowest BCUT2D eigenvalue weighted by Gasteiger charge is -2.44. The number of amides is 1. The van der Waals surface area contributed by atoms with Gasteiger partial charge in [-0.3, -0.25) is 4.90 Å². The van der Waals surface area contributed by atoms with E-state index in [1.165, 1.54) is 0 Å². The van der Waals surface area contributed by atoms with Gasteiger partial charge in [0.1, 0.15) is 11.7 Å². The second kappa shape index (κ2) is 10.9. The van der Waals surface area contributed by atoms with Crippen molar-refractivity contribution < 1.29 is 19.1 Å². The molecule has 2 atom stereocenters. The van der Waals surface area contributed by atoms with Gasteiger partial charge in [-0.1, -0.05) is 81.4 Å². The number of nitrogens with zero attached hydrogens (tertiary/aromatic N) is 2. The van der Waals surface area contributed by atoms with Gasteiger partial charge in [-0.05, 0) is 49.0 Å². The molecule has 0 bridgehead atoms. The van der Waals surface area contributed by atoms with Gasteiger partial charge in [0, 0.05) is 0 Å². The van der Waals surface area contributed by atoms with Gasteiger partial charge >= 0.3 is 6.09 Å². The van der Waals surface area contributed by atoms with Gasteiger partial charge in [0.2, 0.25) is 0 Å². The molecule has 192 valence electrons. The Hall–Kier alpha value is -3.08. The van der Waals surface area contributed by atoms with Gasteiger partial charge in [-0.2, -0.15) is 5.26 Å². The number of hydrogen-bond donors (Lipinski definition) is 1. The quantitative estimate of drug-likeness (QED) is 0.327. The molecule has 1 amide bonds. The van der Waals surface area contributed by atoms with Crippen LogP contribution in [0.1, 0.15) is 54.4 Å². The first-order valence-corrected chi connectivity index (χ1v) is 14.4. The normalized spacial score (nSPS) is 19.1. The maximum absolute atomic E-state index is 13.3. The summed E-state index contributed by atoms with van der Waals surface area (Å²) in [5.41, 5.74) is -0.544. The lowest BCUT2D eigenvalue weighted by Crippen LogP contribution is -2.67. The fourth-order valence-corrected chi connectivity index (χ4v) is 9.71. The molecular weight excluding hydrogens is 468 g/mol. The van der Waals surface area contributed by atoms with Gasteiger partial charge in [0.15, 0.2) is 0 Å². The van der Waals surface area contributed by atoms with E-state index in [4.69, 9.17) is 9.16 Å². The Balaban J connectivity index is 2.03. The standard InChI is InChI=1S/C29H38N2O4Si/c1-28(2,3)35-27(33)31-23(17-18-26(31)22(19-30)20-32)21-34-36(29(4,5)6,24-13-9-7-10-14-24)25-15-11-8-12-16-25/h7-16,20,23,26,32H,17-18,21H2,1-6H3/b22-20-/t23-,26+/m0/s1. The van der Waals surface area contributed by atoms with Gasteiger partial charge in [0.05, 0.1) is 30.5 Å². The Kier molecular flexibility index (Phi) is 8.32. The third-order valence-electron chi connectivity index (χ3n) is 6.64. The van der Waals surface area contributed by atoms with Crippen molar-refractivity contribution in [3.63, 3.8) is 0 Å². The van der Waals surface area contributed by atoms with Crippen LogP contribution < -0.4 is 10.4 Å². The van der Waals surface area contributed by atoms with Crippen molar-refractivity contribution in [2.45, 2.75) is 77.1 Å². The predicted molar refractivity (Wildman–Crippen MR) is 145 cm³/mol. The van der Waals surface area contributed by atoms with Crippen LogP contribution in [0.4, 0.5) is 4.79 Å². The first-order chi connectivity index (χ1) is 16.9. The summed E-state index contributed by atoms with van der Waals surface area (Å²) in [6, 6.07) is 21.9. The van der Waals surface area contributed by atoms with Crippen molar-refractivity contribution in [2.75, 3.05) is 6.61 Å². The van der Waals surface area contributed by atoms with Crippen molar-refractivity contribution in [3.8, 4) is 6.07 Å². The summed E-state index contributed by atoms with van der Waals surface area (Å²) in [7, 11) is -2.80. The highest BCUT2D eigenvalue weighted by atomic mass is 28.4. The summed E-state index contributed by atoms with van der Waals surface area (Å²) in [5, 5.41) is 21.4. The van der Waals surface area contributed by atoms with Crippen LogP contribution in [0.3, 0.4) is 0 Å². The van der Waals surface area contributed by atoms with Crippen LogP contribution in [-0.4, -0.2) is 48.7 Å². The highest BCUT2D eigenvalue weighted by molar-refractivity contribution is 6.99. The van der Waals surface area contributed by atoms with Crippen molar-refractivity contribution in [1.82, 2.24) is 4.90 Å². The topological polar surface area (TPSA) is 82.8 Å². The highest BCUT2D eigenvalue weighted by Gasteiger charge is 2.51. The second-order valence-corrected chi connectivity index (χ2v) is 15.6. The molecule has 1 aliphatic rings. The van der Waals surface area contributed by atoms with E-state index >= 15 is 0 Å². The molecule has 36 heavy (non-hydrogen) atoms. The average molecular weight is 507 g/mol. The molecule has 6 nitrogen and oxygen atoms in total. The molecule has 0 saturated carbocycles. The fourth-order valence-electron chi connectivity index (χ4n) is 5.12. The number of aliphatic hydroxyl groups is 1. The van der Waals surface area contributed by atoms with Crippen LogP contribution >= 0.6 is 0 Å². The molecule has 1 fully saturated rings. The number of rotatable bonds is 6. The molecule has 2 aromatic carbocycles. The van der Waals surface area contributed by atoms with E-state index in [0.29, 0.717) is 19.4 Å². The molecule has 1 saturated heterocycles. The molecule has 0 unspecified atom stereocenters. The van der Waals surface area contributed by atoms with E-state index < -0.39 is 26.1 Å². The summed E-state index contributed by atoms with van der Waals surface area (Å²) in [5.74, 6) is 0. The Bertz CT molecular complexity index is 1060. The Morgan fingerprint density at radius 1 is 1.03 bits per heavy atom. The van der Waals surface area contributed by atoms with Crippen molar-refractivity contribution in [2.24, 2.45) is 0 Å². The average Bonchev–Trinajstić information content (AvgIpc) is 3.24. The minimum absolute atomic E-state index is 0.147. The number of carbonyl (C=O) groups is 1. The zero-order valence-electron chi connectivity index (χ0n) is 22.2. The van der Waals surface area contributed by atoms with Crippen LogP contribution in [0.2, 0.25) is 5.04 Å². The second-order valence-electron chi connectivity index (χ2n) is 11.3. The number of carbonyl (C=O) groups excluding carboxylic acids is 1. The first-order valence-electron chi connectivity index (χ1n) is 12.5. The maximum atomic E-state index is 13.3. The van der Waals surface area contributed by atoms with Crippen molar-refractivity contribution in [1.29, 1.82) is 5.26 Å². The van der Waals surface area contributed by atoms with Crippen LogP contribution in [0.5, 0.6) is 0 Å². The molecule has 0 spiro atoms. The van der Waals surface area contributed by atoms with Gasteiger partial charge in [0.25, 0.3) is 8.32 Å². The summed E-state index contributed by atoms with van der Waals surface area (Å²) in [4.78, 5) is 14.9. The number of ether oxygens (including phenoxy) is 1. The largest absolute Gasteiger partial charge is 0.514 e. The summed E-state index contributed by atoms with van der Waals surface area (Å²) < 4.78 is 12.8. The third-order valence-corrected chi connectivity index (χ3v) is 11.6. The Labute approximate surface area is 216 Å². The van der Waals surface area contributed by atoms with Crippen molar-refractivity contribution >= 4 is 24.8 Å². The molecule has 1 heterocycles. The molecule has 0 aromatic heterocycles. The minimum atomic E-state index is -2.80. The van der Waals surface area contributed by atoms with E-state index in [-0.39, 0.29) is 16.7 Å². The molecule has 0 aliphatic carbocycles. The summed E-state index contributed by atoms with van der Waals surface area (Å²) in [6.07, 6.45) is 1.48. The zero-order valence-corrected chi connectivity index (χ0v) is 23.2. The number of aliphatic hydroxyl groups excluding tert-OH is 1. The van der Waals surface area contributed by atoms with E-state index in [1.807, 2.05) is 63.2 Å². The SMILES string of the molecule is CC(C)(C)OC(=O)N1[C@H](CO[Si](c2ccccc2)(c2ccccc2)C(C)(C)C)CC[C@@H]1/C(C#N)=C\O. The number of hydrogen-bond acceptors (Lipinski definition) is 5. The van der Waals surface area contributed by atoms with Crippen LogP contribution in [0, 0.1) is 11.3 Å². The molecular formula is C29H38N2O4Si. The molecule has 2 aromatic rings. The van der Waals surface area contributed by atoms with E-state index in [0.717, 1.165) is 16.6 Å². The Morgan fingerprint density at radius 2 is 1.56 bits per heavy atom. The summed E-state index contributed by atoms with van der Waals surface area (Å²) >= 11 is 0. The van der Waals surface area contributed by atoms with Crippen LogP contribution in [0.15, 0.2) is 72.5 Å². The van der Waals surface area contributed by atoms with Crippen molar-refractivity contribution in [3.05, 3.63) is 72.5 Å². The molecule has 0 radical (unpaired) electrons. The minimum Gasteiger partial charge on any atom is -0.514 e. The first kappa shape index (κ1) is 27.5. The predicted octanol–water partition coefficient (Wildman–Crippen LogP) is 5.30. The Morgan fingerprint density at radius 3 is 1.97 bits per heavy atom. The highest BCUT2D eigenvalue weighted by Crippen LogP contribution is 2.38. The van der Waals surface area contributed by atoms with E-state index in [1.54, 1.807) is 4.90 Å². The van der Waals surface area contributed by atoms with Crippen LogP contribution in [0.25, 0.3) is 0 Å². The number of nitriles is 1.